The molecule has 1 aliphatic heterocycles. The molecule has 0 unspecified atom stereocenters. The summed E-state index contributed by atoms with van der Waals surface area (Å²) in [6, 6.07) is 0. The van der Waals surface area contributed by atoms with Gasteiger partial charge in [0.1, 0.15) is 5.82 Å². The molecular weight excluding hydrogens is 262 g/mol. The lowest BCUT2D eigenvalue weighted by Crippen LogP contribution is -2.40. The van der Waals surface area contributed by atoms with E-state index in [9.17, 15) is 8.42 Å². The molecule has 1 fully saturated rings. The number of piperidine rings is 1. The largest absolute Gasteiger partial charge is 0.332 e. The van der Waals surface area contributed by atoms with Crippen LogP contribution in [0.1, 0.15) is 31.3 Å². The van der Waals surface area contributed by atoms with Gasteiger partial charge >= 0.3 is 0 Å². The standard InChI is InChI=1S/C13H23N3O2S/c1-4-19(17,18)15-7-5-13(6-8-15)10-16-11(2)9-14-12(16)3/h9,13H,4-8,10H2,1-3H3. The molecule has 0 bridgehead atoms. The van der Waals surface area contributed by atoms with E-state index in [-0.39, 0.29) is 5.75 Å². The van der Waals surface area contributed by atoms with Crippen molar-refractivity contribution >= 4 is 10.0 Å². The summed E-state index contributed by atoms with van der Waals surface area (Å²) in [7, 11) is -3.01. The van der Waals surface area contributed by atoms with Crippen LogP contribution < -0.4 is 0 Å². The zero-order valence-electron chi connectivity index (χ0n) is 12.0. The van der Waals surface area contributed by atoms with E-state index >= 15 is 0 Å². The van der Waals surface area contributed by atoms with Gasteiger partial charge in [-0.15, -0.1) is 0 Å². The lowest BCUT2D eigenvalue weighted by Gasteiger charge is -2.31. The lowest BCUT2D eigenvalue weighted by molar-refractivity contribution is 0.251. The summed E-state index contributed by atoms with van der Waals surface area (Å²) in [6.45, 7) is 8.07. The molecule has 1 aliphatic rings. The second-order valence-corrected chi connectivity index (χ2v) is 7.56. The Morgan fingerprint density at radius 1 is 1.32 bits per heavy atom. The average Bonchev–Trinajstić information content (AvgIpc) is 2.71. The molecule has 1 saturated heterocycles. The highest BCUT2D eigenvalue weighted by Gasteiger charge is 2.27. The van der Waals surface area contributed by atoms with Crippen molar-refractivity contribution in [2.75, 3.05) is 18.8 Å². The minimum absolute atomic E-state index is 0.206. The summed E-state index contributed by atoms with van der Waals surface area (Å²) in [5.74, 6) is 1.80. The highest BCUT2D eigenvalue weighted by atomic mass is 32.2. The zero-order chi connectivity index (χ0) is 14.0. The molecule has 0 amide bonds. The molecule has 19 heavy (non-hydrogen) atoms. The number of hydrogen-bond acceptors (Lipinski definition) is 3. The summed E-state index contributed by atoms with van der Waals surface area (Å²) in [6.07, 6.45) is 3.78. The van der Waals surface area contributed by atoms with Gasteiger partial charge in [0.15, 0.2) is 0 Å². The third kappa shape index (κ3) is 3.17. The van der Waals surface area contributed by atoms with Crippen molar-refractivity contribution in [2.45, 2.75) is 40.2 Å². The quantitative estimate of drug-likeness (QED) is 0.843. The summed E-state index contributed by atoms with van der Waals surface area (Å²) in [4.78, 5) is 4.31. The zero-order valence-corrected chi connectivity index (χ0v) is 12.8. The van der Waals surface area contributed by atoms with E-state index in [0.29, 0.717) is 19.0 Å². The van der Waals surface area contributed by atoms with Gasteiger partial charge in [0.05, 0.1) is 5.75 Å². The molecule has 1 aromatic heterocycles. The summed E-state index contributed by atoms with van der Waals surface area (Å²) in [5, 5.41) is 0. The van der Waals surface area contributed by atoms with Gasteiger partial charge in [-0.2, -0.15) is 0 Å². The molecule has 0 saturated carbocycles. The van der Waals surface area contributed by atoms with Crippen molar-refractivity contribution < 1.29 is 8.42 Å². The first kappa shape index (κ1) is 14.5. The van der Waals surface area contributed by atoms with Gasteiger partial charge in [-0.25, -0.2) is 17.7 Å². The first-order valence-electron chi connectivity index (χ1n) is 6.90. The highest BCUT2D eigenvalue weighted by Crippen LogP contribution is 2.22. The molecular formula is C13H23N3O2S. The molecule has 0 N–H and O–H groups in total. The Bertz CT molecular complexity index is 509. The maximum atomic E-state index is 11.8. The van der Waals surface area contributed by atoms with E-state index in [0.717, 1.165) is 25.2 Å². The van der Waals surface area contributed by atoms with Crippen LogP contribution in [0.3, 0.4) is 0 Å². The van der Waals surface area contributed by atoms with Crippen molar-refractivity contribution in [3.8, 4) is 0 Å². The van der Waals surface area contributed by atoms with Crippen LogP contribution in [0.4, 0.5) is 0 Å². The number of rotatable bonds is 4. The van der Waals surface area contributed by atoms with Gasteiger partial charge < -0.3 is 4.57 Å². The van der Waals surface area contributed by atoms with E-state index in [4.69, 9.17) is 0 Å². The van der Waals surface area contributed by atoms with Gasteiger partial charge in [0.25, 0.3) is 0 Å². The number of aromatic nitrogens is 2. The third-order valence-corrected chi connectivity index (χ3v) is 5.91. The molecule has 2 heterocycles. The topological polar surface area (TPSA) is 55.2 Å². The van der Waals surface area contributed by atoms with E-state index in [1.807, 2.05) is 13.1 Å². The Labute approximate surface area is 115 Å². The van der Waals surface area contributed by atoms with Crippen LogP contribution in [-0.2, 0) is 16.6 Å². The van der Waals surface area contributed by atoms with Gasteiger partial charge in [0, 0.05) is 31.5 Å². The second-order valence-electron chi connectivity index (χ2n) is 5.30. The van der Waals surface area contributed by atoms with Crippen LogP contribution in [0.5, 0.6) is 0 Å². The molecule has 0 atom stereocenters. The van der Waals surface area contributed by atoms with Crippen molar-refractivity contribution in [2.24, 2.45) is 5.92 Å². The fourth-order valence-corrected chi connectivity index (χ4v) is 3.80. The molecule has 0 radical (unpaired) electrons. The molecule has 6 heteroatoms. The van der Waals surface area contributed by atoms with Crippen molar-refractivity contribution in [1.82, 2.24) is 13.9 Å². The van der Waals surface area contributed by atoms with Crippen LogP contribution in [0.15, 0.2) is 6.20 Å². The van der Waals surface area contributed by atoms with Crippen LogP contribution >= 0.6 is 0 Å². The molecule has 2 rings (SSSR count). The second kappa shape index (κ2) is 5.63. The molecule has 0 aromatic carbocycles. The smallest absolute Gasteiger partial charge is 0.213 e. The van der Waals surface area contributed by atoms with Gasteiger partial charge in [-0.1, -0.05) is 0 Å². The average molecular weight is 285 g/mol. The maximum absolute atomic E-state index is 11.8. The molecule has 108 valence electrons. The monoisotopic (exact) mass is 285 g/mol. The number of aryl methyl sites for hydroxylation is 2. The Morgan fingerprint density at radius 3 is 2.42 bits per heavy atom. The van der Waals surface area contributed by atoms with Crippen LogP contribution in [0, 0.1) is 19.8 Å². The maximum Gasteiger partial charge on any atom is 0.213 e. The normalized spacial score (nSPS) is 18.9. The Kier molecular flexibility index (Phi) is 4.30. The minimum atomic E-state index is -3.01. The van der Waals surface area contributed by atoms with E-state index in [1.165, 1.54) is 5.69 Å². The van der Waals surface area contributed by atoms with Crippen LogP contribution in [-0.4, -0.2) is 41.1 Å². The molecule has 0 spiro atoms. The first-order chi connectivity index (χ1) is 8.94. The molecule has 0 aliphatic carbocycles. The predicted octanol–water partition coefficient (Wildman–Crippen LogP) is 1.56. The lowest BCUT2D eigenvalue weighted by atomic mass is 9.98. The third-order valence-electron chi connectivity index (χ3n) is 4.03. The minimum Gasteiger partial charge on any atom is -0.332 e. The van der Waals surface area contributed by atoms with E-state index < -0.39 is 10.0 Å². The fraction of sp³-hybridized carbons (Fsp3) is 0.769. The predicted molar refractivity (Wildman–Crippen MR) is 75.5 cm³/mol. The molecule has 1 aromatic rings. The first-order valence-corrected chi connectivity index (χ1v) is 8.51. The van der Waals surface area contributed by atoms with Crippen molar-refractivity contribution in [3.05, 3.63) is 17.7 Å². The van der Waals surface area contributed by atoms with Gasteiger partial charge in [-0.3, -0.25) is 0 Å². The highest BCUT2D eigenvalue weighted by molar-refractivity contribution is 7.89. The summed E-state index contributed by atoms with van der Waals surface area (Å²) >= 11 is 0. The number of imidazole rings is 1. The number of nitrogens with zero attached hydrogens (tertiary/aromatic N) is 3. The van der Waals surface area contributed by atoms with Crippen LogP contribution in [0.25, 0.3) is 0 Å². The van der Waals surface area contributed by atoms with Crippen molar-refractivity contribution in [3.63, 3.8) is 0 Å². The SMILES string of the molecule is CCS(=O)(=O)N1CCC(Cn2c(C)cnc2C)CC1. The summed E-state index contributed by atoms with van der Waals surface area (Å²) in [5.41, 5.74) is 1.18. The van der Waals surface area contributed by atoms with E-state index in [1.54, 1.807) is 11.2 Å². The Balaban J connectivity index is 1.94. The van der Waals surface area contributed by atoms with Crippen molar-refractivity contribution in [1.29, 1.82) is 0 Å². The summed E-state index contributed by atoms with van der Waals surface area (Å²) < 4.78 is 27.5. The Morgan fingerprint density at radius 2 is 1.95 bits per heavy atom. The number of sulfonamides is 1. The van der Waals surface area contributed by atoms with Gasteiger partial charge in [-0.05, 0) is 39.5 Å². The number of hydrogen-bond donors (Lipinski definition) is 0. The molecule has 5 nitrogen and oxygen atoms in total. The fourth-order valence-electron chi connectivity index (χ4n) is 2.67. The Hall–Kier alpha value is -0.880. The van der Waals surface area contributed by atoms with Gasteiger partial charge in [0.2, 0.25) is 10.0 Å². The van der Waals surface area contributed by atoms with Crippen LogP contribution in [0.2, 0.25) is 0 Å². The van der Waals surface area contributed by atoms with E-state index in [2.05, 4.69) is 16.5 Å².